The van der Waals surface area contributed by atoms with Crippen molar-refractivity contribution in [2.45, 2.75) is 52.4 Å². The van der Waals surface area contributed by atoms with Gasteiger partial charge in [-0.2, -0.15) is 0 Å². The highest BCUT2D eigenvalue weighted by Gasteiger charge is 2.14. The van der Waals surface area contributed by atoms with Gasteiger partial charge in [-0.05, 0) is 13.3 Å². The minimum absolute atomic E-state index is 0.0159. The molecule has 1 N–H and O–H groups in total. The number of carbonyl (C=O) groups is 1. The van der Waals surface area contributed by atoms with Gasteiger partial charge < -0.3 is 4.74 Å². The minimum atomic E-state index is -3.52. The van der Waals surface area contributed by atoms with E-state index in [1.165, 1.54) is 12.8 Å². The number of amides is 1. The smallest absolute Gasteiger partial charge is 0.420 e. The molecule has 0 saturated heterocycles. The third-order valence-electron chi connectivity index (χ3n) is 2.28. The lowest BCUT2D eigenvalue weighted by molar-refractivity contribution is 0.158. The largest absolute Gasteiger partial charge is 0.449 e. The molecule has 0 saturated carbocycles. The third-order valence-corrected chi connectivity index (χ3v) is 3.58. The molecule has 102 valence electrons. The number of nitrogens with one attached hydrogen (secondary N) is 1. The monoisotopic (exact) mass is 265 g/mol. The van der Waals surface area contributed by atoms with Gasteiger partial charge in [-0.15, -0.1) is 0 Å². The zero-order valence-electron chi connectivity index (χ0n) is 10.7. The van der Waals surface area contributed by atoms with Crippen molar-refractivity contribution in [2.75, 3.05) is 12.4 Å². The van der Waals surface area contributed by atoms with Crippen molar-refractivity contribution in [2.24, 2.45) is 0 Å². The number of rotatable bonds is 9. The first-order chi connectivity index (χ1) is 8.02. The van der Waals surface area contributed by atoms with Gasteiger partial charge in [0.1, 0.15) is 0 Å². The molecule has 0 unspecified atom stereocenters. The fourth-order valence-electron chi connectivity index (χ4n) is 1.41. The number of carbonyl (C=O) groups excluding carboxylic acids is 1. The standard InChI is InChI=1S/C11H23NO4S/c1-3-5-6-7-8-9-10-17(14,15)12-11(13)16-4-2/h3-10H2,1-2H3,(H,12,13). The predicted molar refractivity (Wildman–Crippen MR) is 67.3 cm³/mol. The maximum Gasteiger partial charge on any atom is 0.420 e. The molecule has 1 amide bonds. The highest BCUT2D eigenvalue weighted by atomic mass is 32.2. The molecule has 5 nitrogen and oxygen atoms in total. The Bertz CT molecular complexity index is 301. The van der Waals surface area contributed by atoms with Crippen molar-refractivity contribution in [1.29, 1.82) is 0 Å². The predicted octanol–water partition coefficient (Wildman–Crippen LogP) is 2.42. The summed E-state index contributed by atoms with van der Waals surface area (Å²) in [5.41, 5.74) is 0. The molecule has 0 atom stereocenters. The topological polar surface area (TPSA) is 72.5 Å². The van der Waals surface area contributed by atoms with Crippen molar-refractivity contribution < 1.29 is 17.9 Å². The second-order valence-corrected chi connectivity index (χ2v) is 5.75. The lowest BCUT2D eigenvalue weighted by atomic mass is 10.1. The maximum atomic E-state index is 11.4. The van der Waals surface area contributed by atoms with Gasteiger partial charge in [-0.1, -0.05) is 39.0 Å². The highest BCUT2D eigenvalue weighted by molar-refractivity contribution is 7.90. The van der Waals surface area contributed by atoms with E-state index in [1.54, 1.807) is 6.92 Å². The summed E-state index contributed by atoms with van der Waals surface area (Å²) in [4.78, 5) is 10.9. The summed E-state index contributed by atoms with van der Waals surface area (Å²) in [5, 5.41) is 0. The zero-order valence-corrected chi connectivity index (χ0v) is 11.5. The number of unbranched alkanes of at least 4 members (excludes halogenated alkanes) is 5. The van der Waals surface area contributed by atoms with Crippen LogP contribution in [0.15, 0.2) is 0 Å². The van der Waals surface area contributed by atoms with Crippen LogP contribution in [0.2, 0.25) is 0 Å². The van der Waals surface area contributed by atoms with E-state index in [0.717, 1.165) is 19.3 Å². The van der Waals surface area contributed by atoms with Gasteiger partial charge >= 0.3 is 6.09 Å². The molecule has 0 heterocycles. The first-order valence-electron chi connectivity index (χ1n) is 6.19. The van der Waals surface area contributed by atoms with E-state index in [4.69, 9.17) is 0 Å². The normalized spacial score (nSPS) is 11.2. The Labute approximate surface area is 104 Å². The average molecular weight is 265 g/mol. The lowest BCUT2D eigenvalue weighted by Gasteiger charge is -2.06. The maximum absolute atomic E-state index is 11.4. The molecule has 17 heavy (non-hydrogen) atoms. The van der Waals surface area contributed by atoms with Crippen LogP contribution in [0.4, 0.5) is 4.79 Å². The fourth-order valence-corrected chi connectivity index (χ4v) is 2.41. The van der Waals surface area contributed by atoms with Gasteiger partial charge in [-0.3, -0.25) is 0 Å². The molecule has 0 aromatic rings. The number of hydrogen-bond acceptors (Lipinski definition) is 4. The summed E-state index contributed by atoms with van der Waals surface area (Å²) in [6.45, 7) is 3.92. The van der Waals surface area contributed by atoms with Crippen LogP contribution in [-0.2, 0) is 14.8 Å². The fraction of sp³-hybridized carbons (Fsp3) is 0.909. The second kappa shape index (κ2) is 9.27. The Morgan fingerprint density at radius 1 is 1.06 bits per heavy atom. The molecule has 0 fully saturated rings. The van der Waals surface area contributed by atoms with Crippen LogP contribution in [-0.4, -0.2) is 26.9 Å². The molecule has 0 aliphatic carbocycles. The van der Waals surface area contributed by atoms with Crippen LogP contribution in [0.1, 0.15) is 52.4 Å². The van der Waals surface area contributed by atoms with Crippen molar-refractivity contribution >= 4 is 16.1 Å². The summed E-state index contributed by atoms with van der Waals surface area (Å²) in [5.74, 6) is -0.0159. The molecular weight excluding hydrogens is 242 g/mol. The Kier molecular flexibility index (Phi) is 8.85. The molecule has 0 rings (SSSR count). The molecule has 0 spiro atoms. The van der Waals surface area contributed by atoms with E-state index in [2.05, 4.69) is 11.7 Å². The third kappa shape index (κ3) is 10.1. The Hall–Kier alpha value is -0.780. The first kappa shape index (κ1) is 16.2. The SMILES string of the molecule is CCCCCCCCS(=O)(=O)NC(=O)OCC. The second-order valence-electron chi connectivity index (χ2n) is 3.91. The van der Waals surface area contributed by atoms with Crippen molar-refractivity contribution in [1.82, 2.24) is 4.72 Å². The van der Waals surface area contributed by atoms with E-state index >= 15 is 0 Å². The van der Waals surface area contributed by atoms with Crippen LogP contribution < -0.4 is 4.72 Å². The Morgan fingerprint density at radius 3 is 2.24 bits per heavy atom. The Balaban J connectivity index is 3.68. The van der Waals surface area contributed by atoms with Gasteiger partial charge in [0.25, 0.3) is 0 Å². The van der Waals surface area contributed by atoms with Gasteiger partial charge in [0.2, 0.25) is 10.0 Å². The molecule has 0 radical (unpaired) electrons. The van der Waals surface area contributed by atoms with Crippen LogP contribution in [0.25, 0.3) is 0 Å². The first-order valence-corrected chi connectivity index (χ1v) is 7.84. The number of hydrogen-bond donors (Lipinski definition) is 1. The number of ether oxygens (including phenoxy) is 1. The summed E-state index contributed by atoms with van der Waals surface area (Å²) in [7, 11) is -3.52. The van der Waals surface area contributed by atoms with E-state index in [9.17, 15) is 13.2 Å². The molecule has 0 aliphatic heterocycles. The van der Waals surface area contributed by atoms with Crippen LogP contribution in [0, 0.1) is 0 Å². The molecule has 6 heteroatoms. The van der Waals surface area contributed by atoms with Crippen molar-refractivity contribution in [3.63, 3.8) is 0 Å². The molecule has 0 aromatic carbocycles. The van der Waals surface area contributed by atoms with Gasteiger partial charge in [0.15, 0.2) is 0 Å². The zero-order chi connectivity index (χ0) is 13.1. The van der Waals surface area contributed by atoms with Gasteiger partial charge in [0.05, 0.1) is 12.4 Å². The minimum Gasteiger partial charge on any atom is -0.449 e. The summed E-state index contributed by atoms with van der Waals surface area (Å²) in [6, 6.07) is 0. The van der Waals surface area contributed by atoms with Crippen LogP contribution in [0.3, 0.4) is 0 Å². The van der Waals surface area contributed by atoms with Gasteiger partial charge in [0, 0.05) is 0 Å². The van der Waals surface area contributed by atoms with Crippen molar-refractivity contribution in [3.8, 4) is 0 Å². The van der Waals surface area contributed by atoms with Crippen molar-refractivity contribution in [3.05, 3.63) is 0 Å². The molecule has 0 aromatic heterocycles. The summed E-state index contributed by atoms with van der Waals surface area (Å²) >= 11 is 0. The highest BCUT2D eigenvalue weighted by Crippen LogP contribution is 2.05. The van der Waals surface area contributed by atoms with Gasteiger partial charge in [-0.25, -0.2) is 17.9 Å². The Morgan fingerprint density at radius 2 is 1.65 bits per heavy atom. The molecule has 0 bridgehead atoms. The molecular formula is C11H23NO4S. The quantitative estimate of drug-likeness (QED) is 0.650. The van der Waals surface area contributed by atoms with E-state index in [0.29, 0.717) is 6.42 Å². The van der Waals surface area contributed by atoms with Crippen LogP contribution >= 0.6 is 0 Å². The summed E-state index contributed by atoms with van der Waals surface area (Å²) in [6.07, 6.45) is 5.11. The lowest BCUT2D eigenvalue weighted by Crippen LogP contribution is -2.33. The van der Waals surface area contributed by atoms with Crippen LogP contribution in [0.5, 0.6) is 0 Å². The number of sulfonamides is 1. The van der Waals surface area contributed by atoms with E-state index in [1.807, 2.05) is 4.72 Å². The van der Waals surface area contributed by atoms with E-state index < -0.39 is 16.1 Å². The summed E-state index contributed by atoms with van der Waals surface area (Å²) < 4.78 is 29.2. The molecule has 0 aliphatic rings. The van der Waals surface area contributed by atoms with E-state index in [-0.39, 0.29) is 12.4 Å². The average Bonchev–Trinajstić information content (AvgIpc) is 2.22.